The molecule has 3 saturated heterocycles. The number of hydrogen-bond acceptors (Lipinski definition) is 4. The molecule has 4 nitrogen and oxygen atoms in total. The zero-order valence-electron chi connectivity index (χ0n) is 15.1. The highest BCUT2D eigenvalue weighted by Crippen LogP contribution is 2.24. The second kappa shape index (κ2) is 8.02. The summed E-state index contributed by atoms with van der Waals surface area (Å²) in [6, 6.07) is 8.37. The van der Waals surface area contributed by atoms with Gasteiger partial charge in [-0.05, 0) is 56.5 Å². The van der Waals surface area contributed by atoms with Gasteiger partial charge in [0.25, 0.3) is 0 Å². The lowest BCUT2D eigenvalue weighted by Gasteiger charge is -2.46. The van der Waals surface area contributed by atoms with Crippen LogP contribution in [0, 0.1) is 5.82 Å². The minimum Gasteiger partial charge on any atom is -0.381 e. The van der Waals surface area contributed by atoms with Crippen LogP contribution in [0.2, 0.25) is 0 Å². The Morgan fingerprint density at radius 3 is 2.24 bits per heavy atom. The van der Waals surface area contributed by atoms with Crippen LogP contribution >= 0.6 is 0 Å². The van der Waals surface area contributed by atoms with Crippen molar-refractivity contribution in [3.63, 3.8) is 0 Å². The first kappa shape index (κ1) is 17.3. The van der Waals surface area contributed by atoms with Crippen molar-refractivity contribution in [1.82, 2.24) is 9.80 Å². The van der Waals surface area contributed by atoms with Crippen molar-refractivity contribution in [3.05, 3.63) is 30.1 Å². The van der Waals surface area contributed by atoms with Gasteiger partial charge in [0.2, 0.25) is 0 Å². The van der Waals surface area contributed by atoms with Crippen LogP contribution in [-0.4, -0.2) is 74.4 Å². The lowest BCUT2D eigenvalue weighted by atomic mass is 9.98. The summed E-state index contributed by atoms with van der Waals surface area (Å²) in [5, 5.41) is 0. The van der Waals surface area contributed by atoms with Gasteiger partial charge in [-0.25, -0.2) is 4.39 Å². The number of rotatable bonds is 3. The number of likely N-dealkylation sites (tertiary alicyclic amines) is 1. The van der Waals surface area contributed by atoms with Crippen LogP contribution in [-0.2, 0) is 4.74 Å². The number of benzene rings is 1. The number of halogens is 1. The molecule has 0 radical (unpaired) electrons. The Labute approximate surface area is 150 Å². The van der Waals surface area contributed by atoms with Gasteiger partial charge in [0.15, 0.2) is 0 Å². The maximum atomic E-state index is 13.1. The van der Waals surface area contributed by atoms with E-state index in [0.29, 0.717) is 6.04 Å². The first-order chi connectivity index (χ1) is 12.3. The fourth-order valence-corrected chi connectivity index (χ4v) is 4.66. The Bertz CT molecular complexity index is 538. The van der Waals surface area contributed by atoms with E-state index in [0.717, 1.165) is 51.1 Å². The quantitative estimate of drug-likeness (QED) is 0.836. The van der Waals surface area contributed by atoms with Crippen LogP contribution in [0.1, 0.15) is 25.7 Å². The molecule has 1 aromatic rings. The van der Waals surface area contributed by atoms with E-state index in [4.69, 9.17) is 4.74 Å². The number of piperidine rings is 1. The number of piperazine rings is 1. The molecule has 0 unspecified atom stereocenters. The first-order valence-corrected chi connectivity index (χ1v) is 9.86. The molecule has 1 aromatic carbocycles. The van der Waals surface area contributed by atoms with Gasteiger partial charge in [0, 0.05) is 63.7 Å². The summed E-state index contributed by atoms with van der Waals surface area (Å²) >= 11 is 0. The third kappa shape index (κ3) is 4.15. The van der Waals surface area contributed by atoms with E-state index >= 15 is 0 Å². The van der Waals surface area contributed by atoms with Crippen LogP contribution in [0.25, 0.3) is 0 Å². The molecule has 138 valence electrons. The molecule has 0 aliphatic carbocycles. The fraction of sp³-hybridized carbons (Fsp3) is 0.700. The van der Waals surface area contributed by atoms with Crippen molar-refractivity contribution < 1.29 is 9.13 Å². The fourth-order valence-electron chi connectivity index (χ4n) is 4.66. The number of ether oxygens (including phenoxy) is 1. The summed E-state index contributed by atoms with van der Waals surface area (Å²) in [6.07, 6.45) is 5.05. The van der Waals surface area contributed by atoms with Crippen molar-refractivity contribution in [2.75, 3.05) is 57.4 Å². The second-order valence-electron chi connectivity index (χ2n) is 7.63. The van der Waals surface area contributed by atoms with Gasteiger partial charge in [0.05, 0.1) is 0 Å². The van der Waals surface area contributed by atoms with Gasteiger partial charge in [-0.1, -0.05) is 0 Å². The molecule has 3 fully saturated rings. The average Bonchev–Trinajstić information content (AvgIpc) is 2.70. The minimum absolute atomic E-state index is 0.155. The van der Waals surface area contributed by atoms with Gasteiger partial charge in [-0.15, -0.1) is 0 Å². The highest BCUT2D eigenvalue weighted by molar-refractivity contribution is 5.46. The highest BCUT2D eigenvalue weighted by atomic mass is 19.1. The van der Waals surface area contributed by atoms with Crippen LogP contribution < -0.4 is 4.90 Å². The van der Waals surface area contributed by atoms with Crippen LogP contribution in [0.5, 0.6) is 0 Å². The molecule has 0 amide bonds. The maximum Gasteiger partial charge on any atom is 0.123 e. The van der Waals surface area contributed by atoms with Gasteiger partial charge in [0.1, 0.15) is 5.82 Å². The summed E-state index contributed by atoms with van der Waals surface area (Å²) in [6.45, 7) is 8.66. The predicted octanol–water partition coefficient (Wildman–Crippen LogP) is 2.59. The normalized spacial score (nSPS) is 27.6. The SMILES string of the molecule is Fc1ccc(N2CCN([C@H]3CCCN(C4CCOCC4)C3)CC2)cc1. The van der Waals surface area contributed by atoms with Crippen molar-refractivity contribution >= 4 is 5.69 Å². The van der Waals surface area contributed by atoms with E-state index in [1.807, 2.05) is 12.1 Å². The molecule has 0 N–H and O–H groups in total. The Balaban J connectivity index is 1.30. The second-order valence-corrected chi connectivity index (χ2v) is 7.63. The summed E-state index contributed by atoms with van der Waals surface area (Å²) in [5.41, 5.74) is 1.15. The lowest BCUT2D eigenvalue weighted by Crippen LogP contribution is -2.56. The van der Waals surface area contributed by atoms with E-state index in [9.17, 15) is 4.39 Å². The molecule has 1 atom stereocenters. The van der Waals surface area contributed by atoms with E-state index in [2.05, 4.69) is 14.7 Å². The lowest BCUT2D eigenvalue weighted by molar-refractivity contribution is 0.00599. The topological polar surface area (TPSA) is 19.0 Å². The Morgan fingerprint density at radius 2 is 1.52 bits per heavy atom. The monoisotopic (exact) mass is 347 g/mol. The van der Waals surface area contributed by atoms with Crippen molar-refractivity contribution in [1.29, 1.82) is 0 Å². The minimum atomic E-state index is -0.155. The van der Waals surface area contributed by atoms with Crippen LogP contribution in [0.4, 0.5) is 10.1 Å². The van der Waals surface area contributed by atoms with Crippen LogP contribution in [0.3, 0.4) is 0 Å². The maximum absolute atomic E-state index is 13.1. The standard InChI is InChI=1S/C20H30FN3O/c21-17-3-5-18(6-4-17)22-10-12-23(13-11-22)20-2-1-9-24(16-20)19-7-14-25-15-8-19/h3-6,19-20H,1-2,7-16H2/t20-/m0/s1. The van der Waals surface area contributed by atoms with Gasteiger partial charge in [-0.3, -0.25) is 9.80 Å². The smallest absolute Gasteiger partial charge is 0.123 e. The molecule has 25 heavy (non-hydrogen) atoms. The number of nitrogens with zero attached hydrogens (tertiary/aromatic N) is 3. The Morgan fingerprint density at radius 1 is 0.800 bits per heavy atom. The third-order valence-electron chi connectivity index (χ3n) is 6.16. The van der Waals surface area contributed by atoms with Crippen molar-refractivity contribution in [2.24, 2.45) is 0 Å². The first-order valence-electron chi connectivity index (χ1n) is 9.86. The average molecular weight is 347 g/mol. The molecule has 0 spiro atoms. The van der Waals surface area contributed by atoms with Crippen molar-refractivity contribution in [3.8, 4) is 0 Å². The van der Waals surface area contributed by atoms with Gasteiger partial charge in [-0.2, -0.15) is 0 Å². The third-order valence-corrected chi connectivity index (χ3v) is 6.16. The highest BCUT2D eigenvalue weighted by Gasteiger charge is 2.31. The summed E-state index contributed by atoms with van der Waals surface area (Å²) in [5.74, 6) is -0.155. The largest absolute Gasteiger partial charge is 0.381 e. The Hall–Kier alpha value is -1.17. The molecule has 3 aliphatic heterocycles. The molecular weight excluding hydrogens is 317 g/mol. The molecule has 0 saturated carbocycles. The molecule has 5 heteroatoms. The summed E-state index contributed by atoms with van der Waals surface area (Å²) in [4.78, 5) is 7.80. The number of anilines is 1. The molecular formula is C20H30FN3O. The van der Waals surface area contributed by atoms with E-state index in [1.165, 1.54) is 38.8 Å². The van der Waals surface area contributed by atoms with Gasteiger partial charge >= 0.3 is 0 Å². The molecule has 3 aliphatic rings. The zero-order chi connectivity index (χ0) is 17.1. The summed E-state index contributed by atoms with van der Waals surface area (Å²) in [7, 11) is 0. The van der Waals surface area contributed by atoms with Gasteiger partial charge < -0.3 is 9.64 Å². The molecule has 0 aromatic heterocycles. The number of hydrogen-bond donors (Lipinski definition) is 0. The molecule has 4 rings (SSSR count). The predicted molar refractivity (Wildman–Crippen MR) is 98.6 cm³/mol. The molecule has 0 bridgehead atoms. The van der Waals surface area contributed by atoms with E-state index in [1.54, 1.807) is 12.1 Å². The molecule has 3 heterocycles. The zero-order valence-corrected chi connectivity index (χ0v) is 15.1. The Kier molecular flexibility index (Phi) is 5.54. The van der Waals surface area contributed by atoms with Crippen LogP contribution in [0.15, 0.2) is 24.3 Å². The van der Waals surface area contributed by atoms with Crippen molar-refractivity contribution in [2.45, 2.75) is 37.8 Å². The summed E-state index contributed by atoms with van der Waals surface area (Å²) < 4.78 is 18.6. The van der Waals surface area contributed by atoms with E-state index in [-0.39, 0.29) is 5.82 Å². The van der Waals surface area contributed by atoms with E-state index < -0.39 is 0 Å².